The van der Waals surface area contributed by atoms with Gasteiger partial charge >= 0.3 is 12.0 Å². The summed E-state index contributed by atoms with van der Waals surface area (Å²) in [6.07, 6.45) is 1.39. The number of urea groups is 1. The Kier molecular flexibility index (Phi) is 2.48. The molecule has 1 rings (SSSR count). The minimum absolute atomic E-state index is 0.00560. The minimum Gasteiger partial charge on any atom is -0.478 e. The first-order valence-corrected chi connectivity index (χ1v) is 3.35. The van der Waals surface area contributed by atoms with E-state index in [1.54, 1.807) is 0 Å². The molecule has 1 heterocycles. The van der Waals surface area contributed by atoms with Crippen LogP contribution in [0.15, 0.2) is 11.8 Å². The van der Waals surface area contributed by atoms with E-state index >= 15 is 0 Å². The molecule has 0 atom stereocenters. The molecule has 7 nitrogen and oxygen atoms in total. The fourth-order valence-electron chi connectivity index (χ4n) is 0.812. The molecule has 1 aliphatic rings. The van der Waals surface area contributed by atoms with Crippen molar-refractivity contribution in [3.63, 3.8) is 0 Å². The van der Waals surface area contributed by atoms with Gasteiger partial charge in [0.15, 0.2) is 0 Å². The van der Waals surface area contributed by atoms with Gasteiger partial charge < -0.3 is 10.4 Å². The number of amides is 3. The molecule has 0 aromatic carbocycles. The number of carboxylic acids is 1. The van der Waals surface area contributed by atoms with Crippen LogP contribution in [0.4, 0.5) is 4.79 Å². The van der Waals surface area contributed by atoms with E-state index in [-0.39, 0.29) is 12.1 Å². The van der Waals surface area contributed by atoms with Gasteiger partial charge in [-0.05, 0) is 0 Å². The molecule has 0 unspecified atom stereocenters. The van der Waals surface area contributed by atoms with Crippen LogP contribution in [0, 0.1) is 0 Å². The molecule has 0 radical (unpaired) electrons. The SMILES string of the molecule is O=CNN1CC(C(=O)O)=CNC1=O. The van der Waals surface area contributed by atoms with Crippen LogP contribution in [0.25, 0.3) is 0 Å². The van der Waals surface area contributed by atoms with E-state index in [1.807, 2.05) is 0 Å². The summed E-state index contributed by atoms with van der Waals surface area (Å²) in [4.78, 5) is 31.4. The number of aliphatic carboxylic acids is 1. The van der Waals surface area contributed by atoms with Gasteiger partial charge in [0.25, 0.3) is 0 Å². The van der Waals surface area contributed by atoms with Gasteiger partial charge in [0, 0.05) is 6.20 Å². The summed E-state index contributed by atoms with van der Waals surface area (Å²) in [7, 11) is 0. The summed E-state index contributed by atoms with van der Waals surface area (Å²) in [5, 5.41) is 11.6. The lowest BCUT2D eigenvalue weighted by atomic mass is 10.2. The molecule has 0 aliphatic carbocycles. The number of nitrogens with one attached hydrogen (secondary N) is 2. The number of rotatable bonds is 3. The van der Waals surface area contributed by atoms with E-state index in [0.29, 0.717) is 6.41 Å². The molecule has 3 N–H and O–H groups in total. The Morgan fingerprint density at radius 1 is 1.77 bits per heavy atom. The quantitative estimate of drug-likeness (QED) is 0.473. The lowest BCUT2D eigenvalue weighted by Gasteiger charge is -2.24. The molecular formula is C6H7N3O4. The predicted molar refractivity (Wildman–Crippen MR) is 40.2 cm³/mol. The molecule has 1 aliphatic heterocycles. The maximum atomic E-state index is 10.9. The van der Waals surface area contributed by atoms with Crippen molar-refractivity contribution in [1.29, 1.82) is 0 Å². The Morgan fingerprint density at radius 2 is 2.46 bits per heavy atom. The summed E-state index contributed by atoms with van der Waals surface area (Å²) in [6.45, 7) is -0.153. The zero-order valence-electron chi connectivity index (χ0n) is 6.48. The van der Waals surface area contributed by atoms with Crippen molar-refractivity contribution in [1.82, 2.24) is 15.8 Å². The topological polar surface area (TPSA) is 98.7 Å². The highest BCUT2D eigenvalue weighted by molar-refractivity contribution is 5.90. The lowest BCUT2D eigenvalue weighted by molar-refractivity contribution is -0.133. The van der Waals surface area contributed by atoms with Gasteiger partial charge in [0.1, 0.15) is 0 Å². The van der Waals surface area contributed by atoms with Crippen molar-refractivity contribution < 1.29 is 19.5 Å². The van der Waals surface area contributed by atoms with Crippen molar-refractivity contribution in [3.05, 3.63) is 11.8 Å². The highest BCUT2D eigenvalue weighted by Crippen LogP contribution is 2.01. The monoisotopic (exact) mass is 185 g/mol. The molecule has 70 valence electrons. The van der Waals surface area contributed by atoms with Crippen LogP contribution in [-0.4, -0.2) is 35.1 Å². The van der Waals surface area contributed by atoms with E-state index in [1.165, 1.54) is 0 Å². The number of carbonyl (C=O) groups excluding carboxylic acids is 2. The zero-order valence-corrected chi connectivity index (χ0v) is 6.48. The van der Waals surface area contributed by atoms with Crippen LogP contribution in [0.1, 0.15) is 0 Å². The van der Waals surface area contributed by atoms with Crippen LogP contribution < -0.4 is 10.7 Å². The van der Waals surface area contributed by atoms with Crippen LogP contribution in [-0.2, 0) is 9.59 Å². The third kappa shape index (κ3) is 1.95. The summed E-state index contributed by atoms with van der Waals surface area (Å²) in [5.74, 6) is -1.14. The fraction of sp³-hybridized carbons (Fsp3) is 0.167. The summed E-state index contributed by atoms with van der Waals surface area (Å²) < 4.78 is 0. The summed E-state index contributed by atoms with van der Waals surface area (Å²) in [6, 6.07) is -0.572. The molecule has 7 heteroatoms. The third-order valence-electron chi connectivity index (χ3n) is 1.43. The smallest absolute Gasteiger partial charge is 0.340 e. The normalized spacial score (nSPS) is 15.8. The van der Waals surface area contributed by atoms with Crippen LogP contribution in [0.3, 0.4) is 0 Å². The molecule has 3 amide bonds. The van der Waals surface area contributed by atoms with Crippen LogP contribution in [0.5, 0.6) is 0 Å². The Labute approximate surface area is 73.0 Å². The second-order valence-corrected chi connectivity index (χ2v) is 2.26. The van der Waals surface area contributed by atoms with Crippen LogP contribution in [0.2, 0.25) is 0 Å². The van der Waals surface area contributed by atoms with Crippen molar-refractivity contribution in [2.24, 2.45) is 0 Å². The maximum absolute atomic E-state index is 10.9. The first-order valence-electron chi connectivity index (χ1n) is 3.35. The molecule has 0 bridgehead atoms. The van der Waals surface area contributed by atoms with E-state index in [2.05, 4.69) is 10.7 Å². The molecular weight excluding hydrogens is 178 g/mol. The number of hydrogen-bond donors (Lipinski definition) is 3. The average molecular weight is 185 g/mol. The van der Waals surface area contributed by atoms with E-state index in [0.717, 1.165) is 11.2 Å². The Morgan fingerprint density at radius 3 is 3.00 bits per heavy atom. The summed E-state index contributed by atoms with van der Waals surface area (Å²) in [5.41, 5.74) is 2.05. The first kappa shape index (κ1) is 9.04. The highest BCUT2D eigenvalue weighted by Gasteiger charge is 2.22. The van der Waals surface area contributed by atoms with Crippen molar-refractivity contribution in [2.75, 3.05) is 6.54 Å². The van der Waals surface area contributed by atoms with Gasteiger partial charge in [-0.2, -0.15) is 0 Å². The van der Waals surface area contributed by atoms with Crippen molar-refractivity contribution >= 4 is 18.4 Å². The number of nitrogens with zero attached hydrogens (tertiary/aromatic N) is 1. The molecule has 0 spiro atoms. The van der Waals surface area contributed by atoms with Crippen molar-refractivity contribution in [3.8, 4) is 0 Å². The molecule has 13 heavy (non-hydrogen) atoms. The molecule has 0 fully saturated rings. The van der Waals surface area contributed by atoms with Gasteiger partial charge in [-0.15, -0.1) is 0 Å². The Balaban J connectivity index is 2.71. The van der Waals surface area contributed by atoms with Gasteiger partial charge in [0.2, 0.25) is 6.41 Å². The van der Waals surface area contributed by atoms with Gasteiger partial charge in [-0.25, -0.2) is 14.6 Å². The number of hydrazine groups is 1. The molecule has 0 aromatic heterocycles. The van der Waals surface area contributed by atoms with Crippen molar-refractivity contribution in [2.45, 2.75) is 0 Å². The van der Waals surface area contributed by atoms with Gasteiger partial charge in [-0.1, -0.05) is 0 Å². The lowest BCUT2D eigenvalue weighted by Crippen LogP contribution is -2.50. The molecule has 0 aromatic rings. The van der Waals surface area contributed by atoms with E-state index < -0.39 is 12.0 Å². The number of carboxylic acid groups (broad SMARTS) is 1. The standard InChI is InChI=1S/C6H7N3O4/c10-3-8-9-2-4(5(11)12)1-7-6(9)13/h1,3H,2H2,(H,7,13)(H,8,10)(H,11,12). The number of carbonyl (C=O) groups is 3. The third-order valence-corrected chi connectivity index (χ3v) is 1.43. The van der Waals surface area contributed by atoms with E-state index in [4.69, 9.17) is 5.11 Å². The first-order chi connectivity index (χ1) is 6.15. The van der Waals surface area contributed by atoms with Crippen LogP contribution >= 0.6 is 0 Å². The second-order valence-electron chi connectivity index (χ2n) is 2.26. The Hall–Kier alpha value is -2.05. The maximum Gasteiger partial charge on any atom is 0.340 e. The largest absolute Gasteiger partial charge is 0.478 e. The van der Waals surface area contributed by atoms with Gasteiger partial charge in [-0.3, -0.25) is 10.2 Å². The van der Waals surface area contributed by atoms with Gasteiger partial charge in [0.05, 0.1) is 12.1 Å². The molecule has 0 saturated heterocycles. The predicted octanol–water partition coefficient (Wildman–Crippen LogP) is -1.36. The average Bonchev–Trinajstić information content (AvgIpc) is 2.08. The minimum atomic E-state index is -1.14. The Bertz CT molecular complexity index is 286. The zero-order chi connectivity index (χ0) is 9.84. The highest BCUT2D eigenvalue weighted by atomic mass is 16.4. The molecule has 0 saturated carbocycles. The van der Waals surface area contributed by atoms with E-state index in [9.17, 15) is 14.4 Å². The number of hydrogen-bond acceptors (Lipinski definition) is 3. The fourth-order valence-corrected chi connectivity index (χ4v) is 0.812. The second kappa shape index (κ2) is 3.57. The summed E-state index contributed by atoms with van der Waals surface area (Å²) >= 11 is 0.